The Morgan fingerprint density at radius 2 is 1.79 bits per heavy atom. The van der Waals surface area contributed by atoms with Gasteiger partial charge in [0.2, 0.25) is 0 Å². The molecular formula is C14H14N4O. The molecule has 2 heterocycles. The largest absolute Gasteiger partial charge is 0.334 e. The van der Waals surface area contributed by atoms with Gasteiger partial charge < -0.3 is 4.52 Å². The van der Waals surface area contributed by atoms with E-state index >= 15 is 0 Å². The lowest BCUT2D eigenvalue weighted by Crippen LogP contribution is -1.89. The third kappa shape index (κ3) is 2.27. The van der Waals surface area contributed by atoms with Crippen LogP contribution in [0.5, 0.6) is 0 Å². The van der Waals surface area contributed by atoms with E-state index in [0.29, 0.717) is 5.89 Å². The Labute approximate surface area is 110 Å². The summed E-state index contributed by atoms with van der Waals surface area (Å²) in [5.74, 6) is 1.55. The van der Waals surface area contributed by atoms with Crippen molar-refractivity contribution in [2.45, 2.75) is 19.8 Å². The average Bonchev–Trinajstić information content (AvgIpc) is 3.11. The molecule has 96 valence electrons. The zero-order chi connectivity index (χ0) is 13.2. The van der Waals surface area contributed by atoms with E-state index in [4.69, 9.17) is 4.52 Å². The fraction of sp³-hybridized carbons (Fsp3) is 0.214. The van der Waals surface area contributed by atoms with Crippen LogP contribution in [0.4, 0.5) is 0 Å². The molecule has 0 aliphatic rings. The molecule has 19 heavy (non-hydrogen) atoms. The van der Waals surface area contributed by atoms with Gasteiger partial charge >= 0.3 is 0 Å². The van der Waals surface area contributed by atoms with E-state index < -0.39 is 0 Å². The topological polar surface area (TPSA) is 67.6 Å². The van der Waals surface area contributed by atoms with E-state index in [-0.39, 0.29) is 5.92 Å². The van der Waals surface area contributed by atoms with E-state index in [2.05, 4.69) is 20.3 Å². The van der Waals surface area contributed by atoms with Gasteiger partial charge in [-0.3, -0.25) is 5.10 Å². The summed E-state index contributed by atoms with van der Waals surface area (Å²) in [6.45, 7) is 4.08. The van der Waals surface area contributed by atoms with E-state index in [1.807, 2.05) is 44.2 Å². The van der Waals surface area contributed by atoms with E-state index in [1.54, 1.807) is 6.20 Å². The van der Waals surface area contributed by atoms with E-state index in [1.165, 1.54) is 0 Å². The molecule has 0 spiro atoms. The molecule has 2 aromatic heterocycles. The first-order valence-corrected chi connectivity index (χ1v) is 6.18. The third-order valence-corrected chi connectivity index (χ3v) is 2.90. The summed E-state index contributed by atoms with van der Waals surface area (Å²) >= 11 is 0. The molecule has 3 aromatic rings. The van der Waals surface area contributed by atoms with Crippen LogP contribution in [0.1, 0.15) is 25.6 Å². The Bertz CT molecular complexity index is 653. The maximum absolute atomic E-state index is 5.26. The Balaban J connectivity index is 1.89. The van der Waals surface area contributed by atoms with Gasteiger partial charge in [0, 0.05) is 17.7 Å². The number of rotatable bonds is 3. The summed E-state index contributed by atoms with van der Waals surface area (Å²) in [6.07, 6.45) is 1.73. The van der Waals surface area contributed by atoms with Gasteiger partial charge in [-0.25, -0.2) is 0 Å². The maximum atomic E-state index is 5.26. The lowest BCUT2D eigenvalue weighted by Gasteiger charge is -1.98. The van der Waals surface area contributed by atoms with Crippen molar-refractivity contribution in [3.05, 3.63) is 42.4 Å². The summed E-state index contributed by atoms with van der Waals surface area (Å²) in [4.78, 5) is 4.37. The quantitative estimate of drug-likeness (QED) is 0.779. The van der Waals surface area contributed by atoms with Crippen molar-refractivity contribution in [1.29, 1.82) is 0 Å². The van der Waals surface area contributed by atoms with Crippen LogP contribution in [0.2, 0.25) is 0 Å². The number of nitrogens with zero attached hydrogens (tertiary/aromatic N) is 3. The zero-order valence-electron chi connectivity index (χ0n) is 10.8. The van der Waals surface area contributed by atoms with Gasteiger partial charge in [0.1, 0.15) is 0 Å². The van der Waals surface area contributed by atoms with Crippen molar-refractivity contribution in [1.82, 2.24) is 20.3 Å². The van der Waals surface area contributed by atoms with Crippen LogP contribution < -0.4 is 0 Å². The molecule has 0 atom stereocenters. The van der Waals surface area contributed by atoms with Gasteiger partial charge in [-0.2, -0.15) is 10.1 Å². The summed E-state index contributed by atoms with van der Waals surface area (Å²) < 4.78 is 5.26. The lowest BCUT2D eigenvalue weighted by molar-refractivity contribution is 0.419. The first kappa shape index (κ1) is 11.6. The lowest BCUT2D eigenvalue weighted by atomic mass is 10.1. The molecule has 3 rings (SSSR count). The Hall–Kier alpha value is -2.43. The number of hydrogen-bond acceptors (Lipinski definition) is 4. The van der Waals surface area contributed by atoms with Crippen molar-refractivity contribution < 1.29 is 4.52 Å². The van der Waals surface area contributed by atoms with Crippen LogP contribution in [0.15, 0.2) is 41.1 Å². The maximum Gasteiger partial charge on any atom is 0.257 e. The molecule has 5 nitrogen and oxygen atoms in total. The number of nitrogens with one attached hydrogen (secondary N) is 1. The molecule has 5 heteroatoms. The number of aromatic amines is 1. The van der Waals surface area contributed by atoms with E-state index in [0.717, 1.165) is 22.6 Å². The Morgan fingerprint density at radius 1 is 1.05 bits per heavy atom. The highest BCUT2D eigenvalue weighted by Gasteiger charge is 2.11. The molecule has 0 radical (unpaired) electrons. The minimum Gasteiger partial charge on any atom is -0.334 e. The first-order valence-electron chi connectivity index (χ1n) is 6.18. The normalized spacial score (nSPS) is 11.1. The summed E-state index contributed by atoms with van der Waals surface area (Å²) in [5.41, 5.74) is 2.98. The SMILES string of the molecule is CC(C)c1noc(-c2ccc(-c3ccn[nH]3)cc2)n1. The second-order valence-corrected chi connectivity index (χ2v) is 4.66. The Kier molecular flexibility index (Phi) is 2.87. The van der Waals surface area contributed by atoms with Crippen molar-refractivity contribution in [2.24, 2.45) is 0 Å². The fourth-order valence-corrected chi connectivity index (χ4v) is 1.80. The third-order valence-electron chi connectivity index (χ3n) is 2.90. The van der Waals surface area contributed by atoms with Gasteiger partial charge in [-0.15, -0.1) is 0 Å². The fourth-order valence-electron chi connectivity index (χ4n) is 1.80. The monoisotopic (exact) mass is 254 g/mol. The highest BCUT2D eigenvalue weighted by Crippen LogP contribution is 2.23. The predicted octanol–water partition coefficient (Wildman–Crippen LogP) is 3.25. The molecule has 0 fully saturated rings. The number of aromatic nitrogens is 4. The van der Waals surface area contributed by atoms with Crippen molar-refractivity contribution in [3.63, 3.8) is 0 Å². The van der Waals surface area contributed by atoms with E-state index in [9.17, 15) is 0 Å². The van der Waals surface area contributed by atoms with Crippen LogP contribution in [-0.2, 0) is 0 Å². The van der Waals surface area contributed by atoms with Crippen LogP contribution in [0, 0.1) is 0 Å². The number of H-pyrrole nitrogens is 1. The van der Waals surface area contributed by atoms with Gasteiger partial charge in [0.05, 0.1) is 5.69 Å². The van der Waals surface area contributed by atoms with Gasteiger partial charge in [0.15, 0.2) is 5.82 Å². The molecule has 1 N–H and O–H groups in total. The number of hydrogen-bond donors (Lipinski definition) is 1. The van der Waals surface area contributed by atoms with Crippen LogP contribution in [0.3, 0.4) is 0 Å². The summed E-state index contributed by atoms with van der Waals surface area (Å²) in [7, 11) is 0. The molecule has 0 unspecified atom stereocenters. The van der Waals surface area contributed by atoms with Crippen LogP contribution >= 0.6 is 0 Å². The average molecular weight is 254 g/mol. The summed E-state index contributed by atoms with van der Waals surface area (Å²) in [5, 5.41) is 10.8. The standard InChI is InChI=1S/C14H14N4O/c1-9(2)13-16-14(19-18-13)11-5-3-10(4-6-11)12-7-8-15-17-12/h3-9H,1-2H3,(H,15,17). The van der Waals surface area contributed by atoms with Crippen molar-refractivity contribution in [3.8, 4) is 22.7 Å². The van der Waals surface area contributed by atoms with Crippen LogP contribution in [-0.4, -0.2) is 20.3 Å². The molecule has 0 aliphatic heterocycles. The molecule has 0 saturated heterocycles. The van der Waals surface area contributed by atoms with Crippen molar-refractivity contribution >= 4 is 0 Å². The highest BCUT2D eigenvalue weighted by molar-refractivity contribution is 5.64. The summed E-state index contributed by atoms with van der Waals surface area (Å²) in [6, 6.07) is 9.87. The van der Waals surface area contributed by atoms with Gasteiger partial charge in [-0.05, 0) is 23.8 Å². The first-order chi connectivity index (χ1) is 9.24. The molecule has 0 saturated carbocycles. The molecule has 0 bridgehead atoms. The second-order valence-electron chi connectivity index (χ2n) is 4.66. The second kappa shape index (κ2) is 4.68. The molecule has 0 aliphatic carbocycles. The number of benzene rings is 1. The molecular weight excluding hydrogens is 240 g/mol. The zero-order valence-corrected chi connectivity index (χ0v) is 10.8. The minimum absolute atomic E-state index is 0.266. The molecule has 0 amide bonds. The van der Waals surface area contributed by atoms with Crippen LogP contribution in [0.25, 0.3) is 22.7 Å². The van der Waals surface area contributed by atoms with Crippen molar-refractivity contribution in [2.75, 3.05) is 0 Å². The molecule has 1 aromatic carbocycles. The smallest absolute Gasteiger partial charge is 0.257 e. The van der Waals surface area contributed by atoms with Gasteiger partial charge in [-0.1, -0.05) is 31.1 Å². The Morgan fingerprint density at radius 3 is 2.37 bits per heavy atom. The minimum atomic E-state index is 0.266. The van der Waals surface area contributed by atoms with Gasteiger partial charge in [0.25, 0.3) is 5.89 Å². The predicted molar refractivity (Wildman–Crippen MR) is 71.4 cm³/mol. The highest BCUT2D eigenvalue weighted by atomic mass is 16.5.